The molecule has 2 amide bonds. The molecule has 0 aliphatic heterocycles. The van der Waals surface area contributed by atoms with E-state index in [1.165, 1.54) is 14.2 Å². The lowest BCUT2D eigenvalue weighted by Gasteiger charge is -2.11. The standard InChI is InChI=1S/C23H22N2O4/c1-15-4-6-16(7-5-15)22(26)24-18-9-11-19(12-10-18)25-23(27)17-8-13-20(28-2)21(14-17)29-3/h4-14H,1-3H3,(H,24,26)(H,25,27). The van der Waals surface area contributed by atoms with Crippen LogP contribution in [0.5, 0.6) is 11.5 Å². The summed E-state index contributed by atoms with van der Waals surface area (Å²) < 4.78 is 10.4. The predicted molar refractivity (Wildman–Crippen MR) is 113 cm³/mol. The van der Waals surface area contributed by atoms with Gasteiger partial charge in [-0.3, -0.25) is 9.59 Å². The van der Waals surface area contributed by atoms with Crippen LogP contribution in [0.25, 0.3) is 0 Å². The molecule has 0 saturated heterocycles. The number of nitrogens with one attached hydrogen (secondary N) is 2. The summed E-state index contributed by atoms with van der Waals surface area (Å²) in [5.41, 5.74) is 3.37. The van der Waals surface area contributed by atoms with E-state index in [1.807, 2.05) is 19.1 Å². The molecule has 0 fully saturated rings. The predicted octanol–water partition coefficient (Wildman–Crippen LogP) is 4.52. The lowest BCUT2D eigenvalue weighted by Crippen LogP contribution is -2.13. The minimum Gasteiger partial charge on any atom is -0.493 e. The Hall–Kier alpha value is -3.80. The number of carbonyl (C=O) groups is 2. The van der Waals surface area contributed by atoms with Crippen LogP contribution in [-0.4, -0.2) is 26.0 Å². The van der Waals surface area contributed by atoms with Crippen LogP contribution in [0.2, 0.25) is 0 Å². The van der Waals surface area contributed by atoms with E-state index in [9.17, 15) is 9.59 Å². The Bertz CT molecular complexity index is 1010. The lowest BCUT2D eigenvalue weighted by atomic mass is 10.1. The third kappa shape index (κ3) is 4.93. The van der Waals surface area contributed by atoms with Crippen LogP contribution in [0.4, 0.5) is 11.4 Å². The Morgan fingerprint density at radius 3 is 1.66 bits per heavy atom. The van der Waals surface area contributed by atoms with Crippen LogP contribution in [0.3, 0.4) is 0 Å². The number of methoxy groups -OCH3 is 2. The first-order valence-electron chi connectivity index (χ1n) is 9.01. The molecule has 3 aromatic rings. The van der Waals surface area contributed by atoms with Gasteiger partial charge in [-0.2, -0.15) is 0 Å². The highest BCUT2D eigenvalue weighted by molar-refractivity contribution is 6.06. The fraction of sp³-hybridized carbons (Fsp3) is 0.130. The molecule has 0 aliphatic carbocycles. The zero-order valence-corrected chi connectivity index (χ0v) is 16.5. The second kappa shape index (κ2) is 8.93. The Balaban J connectivity index is 1.65. The summed E-state index contributed by atoms with van der Waals surface area (Å²) in [7, 11) is 3.06. The number of aryl methyl sites for hydroxylation is 1. The average Bonchev–Trinajstić information content (AvgIpc) is 2.75. The van der Waals surface area contributed by atoms with E-state index in [-0.39, 0.29) is 11.8 Å². The number of hydrogen-bond donors (Lipinski definition) is 2. The first-order valence-corrected chi connectivity index (χ1v) is 9.01. The van der Waals surface area contributed by atoms with Crippen molar-refractivity contribution in [3.8, 4) is 11.5 Å². The van der Waals surface area contributed by atoms with E-state index in [0.29, 0.717) is 34.0 Å². The largest absolute Gasteiger partial charge is 0.493 e. The zero-order valence-electron chi connectivity index (χ0n) is 16.5. The van der Waals surface area contributed by atoms with Gasteiger partial charge in [-0.15, -0.1) is 0 Å². The van der Waals surface area contributed by atoms with Crippen molar-refractivity contribution in [2.45, 2.75) is 6.92 Å². The van der Waals surface area contributed by atoms with E-state index < -0.39 is 0 Å². The van der Waals surface area contributed by atoms with Crippen molar-refractivity contribution in [3.63, 3.8) is 0 Å². The molecule has 6 heteroatoms. The van der Waals surface area contributed by atoms with Gasteiger partial charge in [-0.1, -0.05) is 17.7 Å². The fourth-order valence-corrected chi connectivity index (χ4v) is 2.73. The smallest absolute Gasteiger partial charge is 0.255 e. The Morgan fingerprint density at radius 2 is 1.14 bits per heavy atom. The molecule has 0 aromatic heterocycles. The second-order valence-corrected chi connectivity index (χ2v) is 6.42. The maximum absolute atomic E-state index is 12.5. The van der Waals surface area contributed by atoms with Crippen molar-refractivity contribution in [2.24, 2.45) is 0 Å². The van der Waals surface area contributed by atoms with Gasteiger partial charge in [0.25, 0.3) is 11.8 Å². The monoisotopic (exact) mass is 390 g/mol. The third-order valence-electron chi connectivity index (χ3n) is 4.36. The van der Waals surface area contributed by atoms with E-state index in [4.69, 9.17) is 9.47 Å². The van der Waals surface area contributed by atoms with Gasteiger partial charge >= 0.3 is 0 Å². The SMILES string of the molecule is COc1ccc(C(=O)Nc2ccc(NC(=O)c3ccc(C)cc3)cc2)cc1OC. The summed E-state index contributed by atoms with van der Waals surface area (Å²) in [6.45, 7) is 1.97. The van der Waals surface area contributed by atoms with Crippen molar-refractivity contribution < 1.29 is 19.1 Å². The first kappa shape index (κ1) is 19.9. The summed E-state index contributed by atoms with van der Waals surface area (Å²) in [4.78, 5) is 24.8. The summed E-state index contributed by atoms with van der Waals surface area (Å²) in [5, 5.41) is 5.65. The van der Waals surface area contributed by atoms with Crippen molar-refractivity contribution in [2.75, 3.05) is 24.9 Å². The van der Waals surface area contributed by atoms with E-state index in [0.717, 1.165) is 5.56 Å². The second-order valence-electron chi connectivity index (χ2n) is 6.42. The molecule has 0 aliphatic rings. The maximum Gasteiger partial charge on any atom is 0.255 e. The number of benzene rings is 3. The molecule has 148 valence electrons. The number of anilines is 2. The highest BCUT2D eigenvalue weighted by Crippen LogP contribution is 2.28. The number of hydrogen-bond acceptors (Lipinski definition) is 4. The van der Waals surface area contributed by atoms with Gasteiger partial charge in [-0.05, 0) is 61.5 Å². The first-order chi connectivity index (χ1) is 14.0. The van der Waals surface area contributed by atoms with Crippen LogP contribution < -0.4 is 20.1 Å². The van der Waals surface area contributed by atoms with Gasteiger partial charge in [0, 0.05) is 22.5 Å². The number of ether oxygens (including phenoxy) is 2. The summed E-state index contributed by atoms with van der Waals surface area (Å²) >= 11 is 0. The Labute approximate surface area is 169 Å². The summed E-state index contributed by atoms with van der Waals surface area (Å²) in [6.07, 6.45) is 0. The molecule has 0 unspecified atom stereocenters. The van der Waals surface area contributed by atoms with Gasteiger partial charge in [0.2, 0.25) is 0 Å². The Kier molecular flexibility index (Phi) is 6.14. The summed E-state index contributed by atoms with van der Waals surface area (Å²) in [6, 6.07) is 19.2. The molecule has 6 nitrogen and oxygen atoms in total. The van der Waals surface area contributed by atoms with Gasteiger partial charge in [0.15, 0.2) is 11.5 Å². The molecular formula is C23H22N2O4. The van der Waals surface area contributed by atoms with Crippen LogP contribution in [0.1, 0.15) is 26.3 Å². The van der Waals surface area contributed by atoms with E-state index in [2.05, 4.69) is 10.6 Å². The Morgan fingerprint density at radius 1 is 0.655 bits per heavy atom. The van der Waals surface area contributed by atoms with Gasteiger partial charge < -0.3 is 20.1 Å². The maximum atomic E-state index is 12.5. The molecule has 0 heterocycles. The zero-order chi connectivity index (χ0) is 20.8. The molecule has 0 atom stereocenters. The average molecular weight is 390 g/mol. The van der Waals surface area contributed by atoms with Crippen LogP contribution in [-0.2, 0) is 0 Å². The molecule has 3 aromatic carbocycles. The highest BCUT2D eigenvalue weighted by atomic mass is 16.5. The summed E-state index contributed by atoms with van der Waals surface area (Å²) in [5.74, 6) is 0.571. The highest BCUT2D eigenvalue weighted by Gasteiger charge is 2.11. The molecule has 3 rings (SSSR count). The number of amides is 2. The van der Waals surface area contributed by atoms with Crippen molar-refractivity contribution in [3.05, 3.63) is 83.4 Å². The molecule has 2 N–H and O–H groups in total. The molecule has 0 spiro atoms. The van der Waals surface area contributed by atoms with Gasteiger partial charge in [-0.25, -0.2) is 0 Å². The molecule has 0 radical (unpaired) electrons. The molecule has 0 bridgehead atoms. The van der Waals surface area contributed by atoms with E-state index in [1.54, 1.807) is 54.6 Å². The van der Waals surface area contributed by atoms with Gasteiger partial charge in [0.1, 0.15) is 0 Å². The van der Waals surface area contributed by atoms with Crippen LogP contribution in [0.15, 0.2) is 66.7 Å². The molecule has 0 saturated carbocycles. The number of rotatable bonds is 6. The van der Waals surface area contributed by atoms with Crippen molar-refractivity contribution in [1.29, 1.82) is 0 Å². The molecule has 29 heavy (non-hydrogen) atoms. The quantitative estimate of drug-likeness (QED) is 0.649. The lowest BCUT2D eigenvalue weighted by molar-refractivity contribution is 0.101. The minimum absolute atomic E-state index is 0.188. The van der Waals surface area contributed by atoms with Crippen molar-refractivity contribution in [1.82, 2.24) is 0 Å². The topological polar surface area (TPSA) is 76.7 Å². The number of carbonyl (C=O) groups excluding carboxylic acids is 2. The normalized spacial score (nSPS) is 10.2. The minimum atomic E-state index is -0.276. The van der Waals surface area contributed by atoms with Crippen molar-refractivity contribution >= 4 is 23.2 Å². The molecular weight excluding hydrogens is 368 g/mol. The van der Waals surface area contributed by atoms with Crippen LogP contribution >= 0.6 is 0 Å². The fourth-order valence-electron chi connectivity index (χ4n) is 2.73. The van der Waals surface area contributed by atoms with Gasteiger partial charge in [0.05, 0.1) is 14.2 Å². The third-order valence-corrected chi connectivity index (χ3v) is 4.36. The van der Waals surface area contributed by atoms with Crippen LogP contribution in [0, 0.1) is 6.92 Å². The van der Waals surface area contributed by atoms with E-state index >= 15 is 0 Å².